The Kier molecular flexibility index (Phi) is 6.41. The SMILES string of the molecule is Cc1cc(C(=O)N2Cc3ccccc3C3(CCN(C(=O)c4ncccc4C(F)(F)F)CC3)C2)cc(C)c1O. The first kappa shape index (κ1) is 25.8. The summed E-state index contributed by atoms with van der Waals surface area (Å²) in [6.45, 7) is 4.87. The lowest BCUT2D eigenvalue weighted by molar-refractivity contribution is -0.138. The highest BCUT2D eigenvalue weighted by Crippen LogP contribution is 2.43. The van der Waals surface area contributed by atoms with E-state index in [1.54, 1.807) is 30.9 Å². The minimum absolute atomic E-state index is 0.146. The molecule has 3 aromatic rings. The van der Waals surface area contributed by atoms with E-state index in [2.05, 4.69) is 4.98 Å². The molecule has 9 heteroatoms. The van der Waals surface area contributed by atoms with Crippen molar-refractivity contribution in [2.45, 2.75) is 44.8 Å². The van der Waals surface area contributed by atoms with Gasteiger partial charge in [-0.05, 0) is 73.2 Å². The molecule has 6 nitrogen and oxygen atoms in total. The first-order valence-electron chi connectivity index (χ1n) is 12.5. The quantitative estimate of drug-likeness (QED) is 0.498. The van der Waals surface area contributed by atoms with Crippen LogP contribution in [0.15, 0.2) is 54.7 Å². The molecule has 0 aliphatic carbocycles. The van der Waals surface area contributed by atoms with Crippen molar-refractivity contribution < 1.29 is 27.9 Å². The van der Waals surface area contributed by atoms with Gasteiger partial charge in [0.25, 0.3) is 11.8 Å². The highest BCUT2D eigenvalue weighted by molar-refractivity contribution is 5.95. The Labute approximate surface area is 218 Å². The molecule has 2 aromatic carbocycles. The molecule has 1 fully saturated rings. The number of hydrogen-bond acceptors (Lipinski definition) is 4. The molecule has 1 saturated heterocycles. The number of aromatic hydroxyl groups is 1. The number of aromatic nitrogens is 1. The Morgan fingerprint density at radius 1 is 0.947 bits per heavy atom. The van der Waals surface area contributed by atoms with Crippen LogP contribution >= 0.6 is 0 Å². The Hall–Kier alpha value is -3.88. The fourth-order valence-electron chi connectivity index (χ4n) is 5.81. The zero-order valence-corrected chi connectivity index (χ0v) is 21.2. The number of halogens is 3. The molecular formula is C29H28F3N3O3. The molecule has 2 aliphatic rings. The fourth-order valence-corrected chi connectivity index (χ4v) is 5.81. The maximum atomic E-state index is 13.6. The second-order valence-corrected chi connectivity index (χ2v) is 10.2. The fraction of sp³-hybridized carbons (Fsp3) is 0.345. The summed E-state index contributed by atoms with van der Waals surface area (Å²) >= 11 is 0. The summed E-state index contributed by atoms with van der Waals surface area (Å²) in [4.78, 5) is 33.7. The number of nitrogens with zero attached hydrogens (tertiary/aromatic N) is 3. The number of aryl methyl sites for hydroxylation is 2. The molecule has 2 aliphatic heterocycles. The van der Waals surface area contributed by atoms with Crippen molar-refractivity contribution in [3.8, 4) is 5.75 Å². The van der Waals surface area contributed by atoms with Gasteiger partial charge in [-0.1, -0.05) is 24.3 Å². The van der Waals surface area contributed by atoms with E-state index in [1.807, 2.05) is 24.3 Å². The van der Waals surface area contributed by atoms with E-state index in [0.717, 1.165) is 17.2 Å². The second kappa shape index (κ2) is 9.45. The summed E-state index contributed by atoms with van der Waals surface area (Å²) in [5.41, 5.74) is 1.82. The van der Waals surface area contributed by atoms with E-state index in [1.165, 1.54) is 17.2 Å². The van der Waals surface area contributed by atoms with Gasteiger partial charge in [0.15, 0.2) is 0 Å². The third-order valence-corrected chi connectivity index (χ3v) is 7.79. The third-order valence-electron chi connectivity index (χ3n) is 7.79. The zero-order chi connectivity index (χ0) is 27.2. The second-order valence-electron chi connectivity index (χ2n) is 10.2. The van der Waals surface area contributed by atoms with Gasteiger partial charge in [0.05, 0.1) is 5.56 Å². The van der Waals surface area contributed by atoms with Crippen molar-refractivity contribution in [1.29, 1.82) is 0 Å². The summed E-state index contributed by atoms with van der Waals surface area (Å²) in [5, 5.41) is 10.1. The summed E-state index contributed by atoms with van der Waals surface area (Å²) in [6.07, 6.45) is -2.48. The average Bonchev–Trinajstić information content (AvgIpc) is 2.90. The number of phenols is 1. The molecule has 0 radical (unpaired) electrons. The number of carbonyl (C=O) groups excluding carboxylic acids is 2. The molecule has 1 N–H and O–H groups in total. The van der Waals surface area contributed by atoms with Crippen molar-refractivity contribution in [2.75, 3.05) is 19.6 Å². The molecule has 0 saturated carbocycles. The number of pyridine rings is 1. The maximum Gasteiger partial charge on any atom is 0.418 e. The van der Waals surface area contributed by atoms with Crippen LogP contribution in [0.4, 0.5) is 13.2 Å². The lowest BCUT2D eigenvalue weighted by Gasteiger charge is -2.48. The van der Waals surface area contributed by atoms with Gasteiger partial charge in [-0.15, -0.1) is 0 Å². The highest BCUT2D eigenvalue weighted by Gasteiger charge is 2.45. The van der Waals surface area contributed by atoms with Crippen LogP contribution < -0.4 is 0 Å². The first-order valence-corrected chi connectivity index (χ1v) is 12.5. The lowest BCUT2D eigenvalue weighted by atomic mass is 9.68. The number of benzene rings is 2. The number of carbonyl (C=O) groups is 2. The average molecular weight is 524 g/mol. The van der Waals surface area contributed by atoms with E-state index in [0.29, 0.717) is 42.6 Å². The molecule has 1 spiro atoms. The van der Waals surface area contributed by atoms with Gasteiger partial charge in [0, 0.05) is 43.4 Å². The molecule has 5 rings (SSSR count). The van der Waals surface area contributed by atoms with E-state index >= 15 is 0 Å². The number of alkyl halides is 3. The van der Waals surface area contributed by atoms with Crippen molar-refractivity contribution in [3.63, 3.8) is 0 Å². The van der Waals surface area contributed by atoms with Crippen LogP contribution in [0.5, 0.6) is 5.75 Å². The number of fused-ring (bicyclic) bond motifs is 2. The standard InChI is InChI=1S/C29H28F3N3O3/c1-18-14-21(15-19(2)25(18)36)26(37)35-16-20-6-3-4-7-22(20)28(17-35)9-12-34(13-10-28)27(38)24-23(29(30,31)32)8-5-11-33-24/h3-8,11,14-15,36H,9-10,12-13,16-17H2,1-2H3. The zero-order valence-electron chi connectivity index (χ0n) is 21.2. The molecule has 198 valence electrons. The van der Waals surface area contributed by atoms with Crippen molar-refractivity contribution >= 4 is 11.8 Å². The Bertz CT molecular complexity index is 1390. The van der Waals surface area contributed by atoms with E-state index in [-0.39, 0.29) is 24.7 Å². The predicted octanol–water partition coefficient (Wildman–Crippen LogP) is 5.25. The van der Waals surface area contributed by atoms with Gasteiger partial charge < -0.3 is 14.9 Å². The van der Waals surface area contributed by atoms with Crippen LogP contribution in [0.2, 0.25) is 0 Å². The summed E-state index contributed by atoms with van der Waals surface area (Å²) in [6, 6.07) is 13.3. The van der Waals surface area contributed by atoms with Gasteiger partial charge in [-0.2, -0.15) is 13.2 Å². The summed E-state index contributed by atoms with van der Waals surface area (Å²) in [5.74, 6) is -0.715. The number of rotatable bonds is 2. The topological polar surface area (TPSA) is 73.7 Å². The van der Waals surface area contributed by atoms with Crippen LogP contribution in [-0.4, -0.2) is 51.3 Å². The van der Waals surface area contributed by atoms with Crippen molar-refractivity contribution in [3.05, 3.63) is 93.8 Å². The van der Waals surface area contributed by atoms with Crippen LogP contribution in [0, 0.1) is 13.8 Å². The first-order chi connectivity index (χ1) is 18.0. The molecule has 3 heterocycles. The number of piperidine rings is 1. The molecule has 2 amide bonds. The molecule has 1 aromatic heterocycles. The van der Waals surface area contributed by atoms with Gasteiger partial charge in [0.1, 0.15) is 11.4 Å². The van der Waals surface area contributed by atoms with Crippen LogP contribution in [-0.2, 0) is 18.1 Å². The molecule has 38 heavy (non-hydrogen) atoms. The Morgan fingerprint density at radius 2 is 1.61 bits per heavy atom. The van der Waals surface area contributed by atoms with E-state index in [9.17, 15) is 27.9 Å². The number of amides is 2. The maximum absolute atomic E-state index is 13.6. The molecular weight excluding hydrogens is 495 g/mol. The summed E-state index contributed by atoms with van der Waals surface area (Å²) in [7, 11) is 0. The van der Waals surface area contributed by atoms with E-state index in [4.69, 9.17) is 0 Å². The van der Waals surface area contributed by atoms with Gasteiger partial charge in [-0.25, -0.2) is 0 Å². The Morgan fingerprint density at radius 3 is 2.26 bits per heavy atom. The van der Waals surface area contributed by atoms with E-state index < -0.39 is 28.8 Å². The normalized spacial score (nSPS) is 16.9. The van der Waals surface area contributed by atoms with Gasteiger partial charge >= 0.3 is 6.18 Å². The van der Waals surface area contributed by atoms with Gasteiger partial charge in [0.2, 0.25) is 0 Å². The van der Waals surface area contributed by atoms with Crippen molar-refractivity contribution in [1.82, 2.24) is 14.8 Å². The summed E-state index contributed by atoms with van der Waals surface area (Å²) < 4.78 is 40.5. The third kappa shape index (κ3) is 4.50. The highest BCUT2D eigenvalue weighted by atomic mass is 19.4. The lowest BCUT2D eigenvalue weighted by Crippen LogP contribution is -2.54. The smallest absolute Gasteiger partial charge is 0.418 e. The number of likely N-dealkylation sites (tertiary alicyclic amines) is 1. The van der Waals surface area contributed by atoms with Crippen LogP contribution in [0.1, 0.15) is 61.5 Å². The van der Waals surface area contributed by atoms with Gasteiger partial charge in [-0.3, -0.25) is 14.6 Å². The van der Waals surface area contributed by atoms with Crippen LogP contribution in [0.25, 0.3) is 0 Å². The number of phenolic OH excluding ortho intramolecular Hbond substituents is 1. The largest absolute Gasteiger partial charge is 0.507 e. The number of hydrogen-bond donors (Lipinski definition) is 1. The molecule has 0 unspecified atom stereocenters. The van der Waals surface area contributed by atoms with Crippen LogP contribution in [0.3, 0.4) is 0 Å². The monoisotopic (exact) mass is 523 g/mol. The molecule has 0 atom stereocenters. The van der Waals surface area contributed by atoms with Crippen molar-refractivity contribution in [2.24, 2.45) is 0 Å². The minimum atomic E-state index is -4.68. The predicted molar refractivity (Wildman–Crippen MR) is 135 cm³/mol. The minimum Gasteiger partial charge on any atom is -0.507 e. The Balaban J connectivity index is 1.41. The molecule has 0 bridgehead atoms.